The molecule has 5 rings (SSSR count). The van der Waals surface area contributed by atoms with Gasteiger partial charge in [-0.25, -0.2) is 0 Å². The number of nitrogens with zero attached hydrogens (tertiary/aromatic N) is 4. The van der Waals surface area contributed by atoms with Crippen LogP contribution < -0.4 is 5.73 Å². The van der Waals surface area contributed by atoms with Gasteiger partial charge in [0.05, 0.1) is 17.7 Å². The highest BCUT2D eigenvalue weighted by atomic mass is 16.3. The summed E-state index contributed by atoms with van der Waals surface area (Å²) in [4.78, 5) is 27.9. The summed E-state index contributed by atoms with van der Waals surface area (Å²) in [5.41, 5.74) is 9.36. The Hall–Kier alpha value is -4.04. The van der Waals surface area contributed by atoms with E-state index in [1.807, 2.05) is 24.3 Å². The van der Waals surface area contributed by atoms with Crippen molar-refractivity contribution in [3.8, 4) is 11.4 Å². The van der Waals surface area contributed by atoms with Gasteiger partial charge in [-0.15, -0.1) is 15.0 Å². The molecular weight excluding hydrogens is 382 g/mol. The normalized spacial score (nSPS) is 13.3. The number of hydrogen-bond donors (Lipinski definition) is 2. The fourth-order valence-corrected chi connectivity index (χ4v) is 3.65. The molecule has 2 heterocycles. The van der Waals surface area contributed by atoms with Crippen LogP contribution in [0.4, 0.5) is 0 Å². The standard InChI is InChI=1S/C22H17N5O3/c23-11-13-9-14(12-26-21(29)15-5-1-2-6-16(15)22(26)30)20(28)19(10-13)27-24-17-7-3-4-8-18(17)25-27/h1-10,28H,11-12,23H2. The zero-order valence-electron chi connectivity index (χ0n) is 15.8. The summed E-state index contributed by atoms with van der Waals surface area (Å²) < 4.78 is 0. The molecule has 0 bridgehead atoms. The lowest BCUT2D eigenvalue weighted by Gasteiger charge is -2.17. The second-order valence-electron chi connectivity index (χ2n) is 7.05. The summed E-state index contributed by atoms with van der Waals surface area (Å²) in [5, 5.41) is 19.8. The Morgan fingerprint density at radius 1 is 0.867 bits per heavy atom. The Labute approximate surface area is 171 Å². The van der Waals surface area contributed by atoms with E-state index in [2.05, 4.69) is 10.2 Å². The molecule has 2 amide bonds. The number of rotatable bonds is 4. The maximum Gasteiger partial charge on any atom is 0.261 e. The number of carbonyl (C=O) groups excluding carboxylic acids is 2. The van der Waals surface area contributed by atoms with Gasteiger partial charge in [0, 0.05) is 12.1 Å². The van der Waals surface area contributed by atoms with Gasteiger partial charge in [0.2, 0.25) is 0 Å². The van der Waals surface area contributed by atoms with Crippen molar-refractivity contribution in [3.05, 3.63) is 82.9 Å². The first-order chi connectivity index (χ1) is 14.6. The van der Waals surface area contributed by atoms with Crippen LogP contribution in [-0.2, 0) is 13.1 Å². The molecule has 0 fully saturated rings. The van der Waals surface area contributed by atoms with E-state index >= 15 is 0 Å². The lowest BCUT2D eigenvalue weighted by Crippen LogP contribution is -2.29. The number of imide groups is 1. The van der Waals surface area contributed by atoms with E-state index in [0.717, 1.165) is 10.5 Å². The summed E-state index contributed by atoms with van der Waals surface area (Å²) in [6, 6.07) is 17.4. The smallest absolute Gasteiger partial charge is 0.261 e. The summed E-state index contributed by atoms with van der Waals surface area (Å²) in [5.74, 6) is -0.889. The summed E-state index contributed by atoms with van der Waals surface area (Å²) in [6.07, 6.45) is 0. The minimum Gasteiger partial charge on any atom is -0.505 e. The van der Waals surface area contributed by atoms with Crippen LogP contribution in [0.25, 0.3) is 16.7 Å². The maximum absolute atomic E-state index is 12.7. The molecule has 3 N–H and O–H groups in total. The molecule has 8 nitrogen and oxygen atoms in total. The third kappa shape index (κ3) is 2.73. The first-order valence-electron chi connectivity index (χ1n) is 9.39. The van der Waals surface area contributed by atoms with Crippen LogP contribution in [0.15, 0.2) is 60.7 Å². The fourth-order valence-electron chi connectivity index (χ4n) is 3.65. The molecule has 0 saturated carbocycles. The number of nitrogens with two attached hydrogens (primary N) is 1. The minimum atomic E-state index is -0.391. The van der Waals surface area contributed by atoms with Crippen molar-refractivity contribution in [1.29, 1.82) is 0 Å². The number of fused-ring (bicyclic) bond motifs is 2. The Kier molecular flexibility index (Phi) is 4.07. The molecule has 3 aromatic carbocycles. The number of carbonyl (C=O) groups is 2. The molecule has 1 aromatic heterocycles. The van der Waals surface area contributed by atoms with E-state index < -0.39 is 11.8 Å². The molecule has 1 aliphatic heterocycles. The van der Waals surface area contributed by atoms with Crippen molar-refractivity contribution in [3.63, 3.8) is 0 Å². The molecule has 0 spiro atoms. The molecule has 1 aliphatic rings. The highest BCUT2D eigenvalue weighted by Crippen LogP contribution is 2.32. The van der Waals surface area contributed by atoms with Crippen molar-refractivity contribution >= 4 is 22.8 Å². The molecule has 0 aliphatic carbocycles. The van der Waals surface area contributed by atoms with Crippen molar-refractivity contribution < 1.29 is 14.7 Å². The number of hydrogen-bond acceptors (Lipinski definition) is 6. The fraction of sp³-hybridized carbons (Fsp3) is 0.0909. The third-order valence-electron chi connectivity index (χ3n) is 5.17. The SMILES string of the molecule is NCc1cc(CN2C(=O)c3ccccc3C2=O)c(O)c(-n2nc3ccccc3n2)c1. The lowest BCUT2D eigenvalue weighted by molar-refractivity contribution is 0.0641. The van der Waals surface area contributed by atoms with Crippen molar-refractivity contribution in [1.82, 2.24) is 19.9 Å². The molecule has 4 aromatic rings. The third-order valence-corrected chi connectivity index (χ3v) is 5.17. The van der Waals surface area contributed by atoms with Crippen molar-refractivity contribution in [2.24, 2.45) is 5.73 Å². The summed E-state index contributed by atoms with van der Waals surface area (Å²) >= 11 is 0. The summed E-state index contributed by atoms with van der Waals surface area (Å²) in [6.45, 7) is 0.128. The van der Waals surface area contributed by atoms with Crippen LogP contribution in [0.3, 0.4) is 0 Å². The number of aromatic nitrogens is 3. The van der Waals surface area contributed by atoms with E-state index in [9.17, 15) is 14.7 Å². The lowest BCUT2D eigenvalue weighted by atomic mass is 10.1. The van der Waals surface area contributed by atoms with E-state index in [-0.39, 0.29) is 18.8 Å². The van der Waals surface area contributed by atoms with Gasteiger partial charge in [0.15, 0.2) is 0 Å². The molecule has 0 saturated heterocycles. The first-order valence-corrected chi connectivity index (χ1v) is 9.39. The predicted octanol–water partition coefficient (Wildman–Crippen LogP) is 2.38. The predicted molar refractivity (Wildman–Crippen MR) is 109 cm³/mol. The van der Waals surface area contributed by atoms with E-state index in [0.29, 0.717) is 33.4 Å². The minimum absolute atomic E-state index is 0.0835. The van der Waals surface area contributed by atoms with Crippen LogP contribution in [0.2, 0.25) is 0 Å². The second-order valence-corrected chi connectivity index (χ2v) is 7.05. The van der Waals surface area contributed by atoms with Gasteiger partial charge >= 0.3 is 0 Å². The number of aromatic hydroxyl groups is 1. The average Bonchev–Trinajstić information content (AvgIpc) is 3.30. The maximum atomic E-state index is 12.7. The topological polar surface area (TPSA) is 114 Å². The average molecular weight is 399 g/mol. The molecule has 8 heteroatoms. The number of benzene rings is 3. The monoisotopic (exact) mass is 399 g/mol. The highest BCUT2D eigenvalue weighted by molar-refractivity contribution is 6.21. The molecule has 30 heavy (non-hydrogen) atoms. The summed E-state index contributed by atoms with van der Waals surface area (Å²) in [7, 11) is 0. The zero-order chi connectivity index (χ0) is 20.8. The van der Waals surface area contributed by atoms with Gasteiger partial charge in [-0.05, 0) is 42.0 Å². The van der Waals surface area contributed by atoms with Crippen LogP contribution in [0, 0.1) is 0 Å². The Morgan fingerprint density at radius 3 is 2.00 bits per heavy atom. The van der Waals surface area contributed by atoms with Gasteiger partial charge < -0.3 is 10.8 Å². The largest absolute Gasteiger partial charge is 0.505 e. The van der Waals surface area contributed by atoms with Gasteiger partial charge in [0.1, 0.15) is 22.5 Å². The van der Waals surface area contributed by atoms with Crippen LogP contribution >= 0.6 is 0 Å². The first kappa shape index (κ1) is 18.0. The van der Waals surface area contributed by atoms with Gasteiger partial charge in [0.25, 0.3) is 11.8 Å². The van der Waals surface area contributed by atoms with Crippen LogP contribution in [-0.4, -0.2) is 36.8 Å². The number of phenols is 1. The second kappa shape index (κ2) is 6.78. The van der Waals surface area contributed by atoms with Crippen molar-refractivity contribution in [2.45, 2.75) is 13.1 Å². The molecule has 0 radical (unpaired) electrons. The quantitative estimate of drug-likeness (QED) is 0.509. The van der Waals surface area contributed by atoms with Crippen LogP contribution in [0.5, 0.6) is 5.75 Å². The number of phenolic OH excluding ortho intramolecular Hbond substituents is 1. The zero-order valence-corrected chi connectivity index (χ0v) is 15.8. The van der Waals surface area contributed by atoms with Gasteiger partial charge in [-0.3, -0.25) is 14.5 Å². The molecule has 0 atom stereocenters. The van der Waals surface area contributed by atoms with E-state index in [4.69, 9.17) is 5.73 Å². The molecule has 148 valence electrons. The van der Waals surface area contributed by atoms with E-state index in [1.165, 1.54) is 4.80 Å². The molecular formula is C22H17N5O3. The van der Waals surface area contributed by atoms with Gasteiger partial charge in [-0.2, -0.15) is 0 Å². The Balaban J connectivity index is 1.57. The Bertz CT molecular complexity index is 1260. The molecule has 0 unspecified atom stereocenters. The van der Waals surface area contributed by atoms with Crippen molar-refractivity contribution in [2.75, 3.05) is 0 Å². The highest BCUT2D eigenvalue weighted by Gasteiger charge is 2.35. The number of amides is 2. The van der Waals surface area contributed by atoms with Gasteiger partial charge in [-0.1, -0.05) is 24.3 Å². The van der Waals surface area contributed by atoms with E-state index in [1.54, 1.807) is 36.4 Å². The van der Waals surface area contributed by atoms with Crippen LogP contribution in [0.1, 0.15) is 31.8 Å². The Morgan fingerprint density at radius 2 is 1.43 bits per heavy atom.